The second-order valence-electron chi connectivity index (χ2n) is 7.87. The predicted octanol–water partition coefficient (Wildman–Crippen LogP) is 5.46. The first-order chi connectivity index (χ1) is 11.0. The molecular formula is C20H28O3Si. The van der Waals surface area contributed by atoms with E-state index in [-0.39, 0.29) is 11.0 Å². The van der Waals surface area contributed by atoms with Crippen molar-refractivity contribution in [3.63, 3.8) is 0 Å². The highest BCUT2D eigenvalue weighted by molar-refractivity contribution is 6.75. The van der Waals surface area contributed by atoms with E-state index < -0.39 is 14.4 Å². The van der Waals surface area contributed by atoms with Crippen LogP contribution in [0.15, 0.2) is 36.4 Å². The van der Waals surface area contributed by atoms with Gasteiger partial charge in [-0.05, 0) is 49.0 Å². The van der Waals surface area contributed by atoms with Gasteiger partial charge in [0.2, 0.25) is 0 Å². The number of carbonyl (C=O) groups is 1. The molecule has 2 aromatic carbocycles. The van der Waals surface area contributed by atoms with E-state index in [1.54, 1.807) is 6.92 Å². The molecule has 0 aliphatic carbocycles. The molecule has 0 aliphatic rings. The number of carbonyl (C=O) groups excluding carboxylic acids is 1. The van der Waals surface area contributed by atoms with E-state index in [4.69, 9.17) is 9.16 Å². The Balaban J connectivity index is 2.20. The third-order valence-corrected chi connectivity index (χ3v) is 9.22. The number of rotatable bonds is 4. The van der Waals surface area contributed by atoms with Crippen molar-refractivity contribution in [3.8, 4) is 5.75 Å². The molecule has 4 heteroatoms. The van der Waals surface area contributed by atoms with Gasteiger partial charge >= 0.3 is 5.97 Å². The summed E-state index contributed by atoms with van der Waals surface area (Å²) < 4.78 is 11.8. The van der Waals surface area contributed by atoms with E-state index in [0.717, 1.165) is 16.5 Å². The van der Waals surface area contributed by atoms with Crippen LogP contribution in [0.4, 0.5) is 0 Å². The first-order valence-corrected chi connectivity index (χ1v) is 11.3. The van der Waals surface area contributed by atoms with Crippen molar-refractivity contribution in [1.29, 1.82) is 0 Å². The Morgan fingerprint density at radius 3 is 2.21 bits per heavy atom. The van der Waals surface area contributed by atoms with Crippen LogP contribution >= 0.6 is 0 Å². The largest absolute Gasteiger partial charge is 0.516 e. The number of hydrogen-bond acceptors (Lipinski definition) is 3. The van der Waals surface area contributed by atoms with Gasteiger partial charge < -0.3 is 9.16 Å². The molecule has 3 nitrogen and oxygen atoms in total. The fourth-order valence-electron chi connectivity index (χ4n) is 2.25. The third-order valence-electron chi connectivity index (χ3n) is 4.90. The average Bonchev–Trinajstić information content (AvgIpc) is 2.48. The summed E-state index contributed by atoms with van der Waals surface area (Å²) in [5.41, 5.74) is 1.19. The molecule has 130 valence electrons. The zero-order valence-corrected chi connectivity index (χ0v) is 16.8. The van der Waals surface area contributed by atoms with Crippen molar-refractivity contribution in [3.05, 3.63) is 42.0 Å². The van der Waals surface area contributed by atoms with Crippen molar-refractivity contribution < 1.29 is 14.0 Å². The van der Waals surface area contributed by atoms with Gasteiger partial charge in [0.15, 0.2) is 6.10 Å². The van der Waals surface area contributed by atoms with Crippen LogP contribution in [0.25, 0.3) is 10.8 Å². The van der Waals surface area contributed by atoms with Crippen molar-refractivity contribution in [2.75, 3.05) is 0 Å². The summed E-state index contributed by atoms with van der Waals surface area (Å²) in [5, 5.41) is 2.14. The molecule has 0 heterocycles. The molecule has 0 bridgehead atoms. The fraction of sp³-hybridized carbons (Fsp3) is 0.450. The average molecular weight is 345 g/mol. The summed E-state index contributed by atoms with van der Waals surface area (Å²) in [4.78, 5) is 12.5. The molecule has 0 fully saturated rings. The van der Waals surface area contributed by atoms with Crippen molar-refractivity contribution >= 4 is 25.1 Å². The third kappa shape index (κ3) is 3.81. The maximum atomic E-state index is 12.5. The van der Waals surface area contributed by atoms with Crippen LogP contribution in [0, 0.1) is 6.92 Å². The van der Waals surface area contributed by atoms with Crippen LogP contribution < -0.4 is 4.74 Å². The monoisotopic (exact) mass is 344 g/mol. The van der Waals surface area contributed by atoms with Gasteiger partial charge in [0, 0.05) is 5.39 Å². The van der Waals surface area contributed by atoms with Crippen LogP contribution in [-0.2, 0) is 9.22 Å². The molecule has 0 radical (unpaired) electrons. The van der Waals surface area contributed by atoms with Gasteiger partial charge in [-0.3, -0.25) is 0 Å². The summed E-state index contributed by atoms with van der Waals surface area (Å²) in [6, 6.07) is 12.0. The van der Waals surface area contributed by atoms with Gasteiger partial charge in [0.1, 0.15) is 5.75 Å². The van der Waals surface area contributed by atoms with Crippen LogP contribution in [-0.4, -0.2) is 20.4 Å². The van der Waals surface area contributed by atoms with Gasteiger partial charge in [-0.15, -0.1) is 0 Å². The summed E-state index contributed by atoms with van der Waals surface area (Å²) in [7, 11) is -2.14. The molecule has 0 aromatic heterocycles. The number of aryl methyl sites for hydroxylation is 1. The normalized spacial score (nSPS) is 13.6. The van der Waals surface area contributed by atoms with E-state index in [9.17, 15) is 4.79 Å². The lowest BCUT2D eigenvalue weighted by Gasteiger charge is -2.36. The molecule has 2 rings (SSSR count). The molecular weight excluding hydrogens is 316 g/mol. The lowest BCUT2D eigenvalue weighted by molar-refractivity contribution is -0.142. The van der Waals surface area contributed by atoms with Crippen molar-refractivity contribution in [2.24, 2.45) is 0 Å². The highest BCUT2D eigenvalue weighted by Crippen LogP contribution is 2.37. The quantitative estimate of drug-likeness (QED) is 0.691. The first kappa shape index (κ1) is 18.5. The molecule has 0 aliphatic heterocycles. The minimum absolute atomic E-state index is 0.0149. The maximum absolute atomic E-state index is 12.5. The summed E-state index contributed by atoms with van der Waals surface area (Å²) >= 11 is 0. The van der Waals surface area contributed by atoms with E-state index in [1.165, 1.54) is 5.56 Å². The summed E-state index contributed by atoms with van der Waals surface area (Å²) in [5.74, 6) is 0.433. The first-order valence-electron chi connectivity index (χ1n) is 8.41. The Morgan fingerprint density at radius 1 is 1.04 bits per heavy atom. The van der Waals surface area contributed by atoms with Crippen LogP contribution in [0.5, 0.6) is 5.75 Å². The molecule has 0 amide bonds. The van der Waals surface area contributed by atoms with Gasteiger partial charge in [0.05, 0.1) is 0 Å². The standard InChI is InChI=1S/C20H28O3Si/c1-14-12-13-18(17-11-9-8-10-16(14)17)22-15(2)19(21)23-24(6,7)20(3,4)5/h8-13,15H,1-7H3/t15-/m1/s1. The highest BCUT2D eigenvalue weighted by Gasteiger charge is 2.41. The Bertz CT molecular complexity index is 744. The predicted molar refractivity (Wildman–Crippen MR) is 102 cm³/mol. The Labute approximate surface area is 146 Å². The molecule has 0 N–H and O–H groups in total. The molecule has 0 saturated heterocycles. The topological polar surface area (TPSA) is 35.5 Å². The van der Waals surface area contributed by atoms with Gasteiger partial charge in [-0.1, -0.05) is 51.1 Å². The van der Waals surface area contributed by atoms with Crippen LogP contribution in [0.3, 0.4) is 0 Å². The lowest BCUT2D eigenvalue weighted by atomic mass is 10.0. The minimum atomic E-state index is -2.14. The molecule has 2 aromatic rings. The smallest absolute Gasteiger partial charge is 0.333 e. The molecule has 0 saturated carbocycles. The number of benzene rings is 2. The molecule has 0 spiro atoms. The summed E-state index contributed by atoms with van der Waals surface area (Å²) in [6.45, 7) is 14.3. The van der Waals surface area contributed by atoms with E-state index >= 15 is 0 Å². The second kappa shape index (κ2) is 6.59. The van der Waals surface area contributed by atoms with Gasteiger partial charge in [-0.25, -0.2) is 4.79 Å². The second-order valence-corrected chi connectivity index (χ2v) is 12.6. The van der Waals surface area contributed by atoms with Crippen molar-refractivity contribution in [2.45, 2.75) is 58.9 Å². The lowest BCUT2D eigenvalue weighted by Crippen LogP contribution is -2.45. The Hall–Kier alpha value is -1.81. The van der Waals surface area contributed by atoms with E-state index in [1.807, 2.05) is 30.3 Å². The van der Waals surface area contributed by atoms with Crippen LogP contribution in [0.1, 0.15) is 33.3 Å². The number of fused-ring (bicyclic) bond motifs is 1. The van der Waals surface area contributed by atoms with Gasteiger partial charge in [-0.2, -0.15) is 0 Å². The Morgan fingerprint density at radius 2 is 1.62 bits per heavy atom. The zero-order valence-electron chi connectivity index (χ0n) is 15.8. The maximum Gasteiger partial charge on any atom is 0.333 e. The number of ether oxygens (including phenoxy) is 1. The van der Waals surface area contributed by atoms with Crippen molar-refractivity contribution in [1.82, 2.24) is 0 Å². The van der Waals surface area contributed by atoms with Gasteiger partial charge in [0.25, 0.3) is 8.32 Å². The van der Waals surface area contributed by atoms with E-state index in [0.29, 0.717) is 0 Å². The fourth-order valence-corrected chi connectivity index (χ4v) is 3.23. The SMILES string of the molecule is Cc1ccc(O[C@H](C)C(=O)O[Si](C)(C)C(C)(C)C)c2ccccc12. The molecule has 24 heavy (non-hydrogen) atoms. The minimum Gasteiger partial charge on any atom is -0.516 e. The zero-order chi connectivity index (χ0) is 18.1. The summed E-state index contributed by atoms with van der Waals surface area (Å²) in [6.07, 6.45) is -0.634. The van der Waals surface area contributed by atoms with E-state index in [2.05, 4.69) is 46.9 Å². The highest BCUT2D eigenvalue weighted by atomic mass is 28.4. The number of hydrogen-bond donors (Lipinski definition) is 0. The Kier molecular flexibility index (Phi) is 5.09. The van der Waals surface area contributed by atoms with Crippen LogP contribution in [0.2, 0.25) is 18.1 Å². The molecule has 0 unspecified atom stereocenters. The molecule has 1 atom stereocenters.